The molecule has 0 aliphatic heterocycles. The largest absolute Gasteiger partial charge is 0.573 e. The fourth-order valence-electron chi connectivity index (χ4n) is 1.21. The first-order chi connectivity index (χ1) is 8.95. The number of hydrogen-bond donors (Lipinski definition) is 1. The second-order valence-electron chi connectivity index (χ2n) is 3.24. The number of ether oxygens (including phenoxy) is 2. The van der Waals surface area contributed by atoms with Crippen LogP contribution < -0.4 is 9.47 Å². The predicted molar refractivity (Wildman–Crippen MR) is 49.4 cm³/mol. The molecule has 0 aliphatic rings. The van der Waals surface area contributed by atoms with Crippen LogP contribution in [0.25, 0.3) is 0 Å². The molecule has 1 rings (SSSR count). The van der Waals surface area contributed by atoms with Crippen LogP contribution in [0.5, 0.6) is 11.5 Å². The summed E-state index contributed by atoms with van der Waals surface area (Å²) in [5.74, 6) is -4.76. The minimum absolute atomic E-state index is 0.184. The Hall–Kier alpha value is -2.20. The van der Waals surface area contributed by atoms with Gasteiger partial charge in [0.25, 0.3) is 0 Å². The molecule has 0 saturated heterocycles. The molecule has 1 N–H and O–H groups in total. The normalized spacial score (nSPS) is 12.2. The molecule has 0 aliphatic carbocycles. The van der Waals surface area contributed by atoms with Gasteiger partial charge in [-0.05, 0) is 0 Å². The summed E-state index contributed by atoms with van der Waals surface area (Å²) in [6.07, 6.45) is -10.5. The molecule has 11 heteroatoms. The van der Waals surface area contributed by atoms with E-state index in [1.54, 1.807) is 0 Å². The number of pyridine rings is 1. The van der Waals surface area contributed by atoms with E-state index in [1.807, 2.05) is 0 Å². The minimum Gasteiger partial charge on any atom is -0.491 e. The average Bonchev–Trinajstić information content (AvgIpc) is 2.24. The summed E-state index contributed by atoms with van der Waals surface area (Å²) in [5.41, 5.74) is -3.20. The second-order valence-corrected chi connectivity index (χ2v) is 3.24. The minimum atomic E-state index is -5.33. The molecule has 0 unspecified atom stereocenters. The monoisotopic (exact) mass is 305 g/mol. The molecule has 0 atom stereocenters. The number of methoxy groups -OCH3 is 1. The van der Waals surface area contributed by atoms with Crippen LogP contribution in [0, 0.1) is 0 Å². The zero-order valence-corrected chi connectivity index (χ0v) is 9.46. The first-order valence-corrected chi connectivity index (χ1v) is 4.61. The van der Waals surface area contributed by atoms with Gasteiger partial charge in [0.1, 0.15) is 0 Å². The lowest BCUT2D eigenvalue weighted by Gasteiger charge is -2.17. The summed E-state index contributed by atoms with van der Waals surface area (Å²) >= 11 is 0. The van der Waals surface area contributed by atoms with Gasteiger partial charge in [0.15, 0.2) is 22.9 Å². The van der Waals surface area contributed by atoms with E-state index in [0.717, 1.165) is 0 Å². The van der Waals surface area contributed by atoms with Crippen molar-refractivity contribution in [1.82, 2.24) is 4.98 Å². The third-order valence-corrected chi connectivity index (χ3v) is 1.86. The molecular weight excluding hydrogens is 300 g/mol. The number of carbonyl (C=O) groups is 1. The first kappa shape index (κ1) is 15.9. The first-order valence-electron chi connectivity index (χ1n) is 4.61. The summed E-state index contributed by atoms with van der Waals surface area (Å²) in [6.45, 7) is 0. The third-order valence-electron chi connectivity index (χ3n) is 1.86. The van der Waals surface area contributed by atoms with Crippen molar-refractivity contribution in [1.29, 1.82) is 0 Å². The molecule has 5 nitrogen and oxygen atoms in total. The number of aromatic carboxylic acids is 1. The van der Waals surface area contributed by atoms with Crippen molar-refractivity contribution in [2.75, 3.05) is 7.11 Å². The van der Waals surface area contributed by atoms with Crippen LogP contribution in [0.3, 0.4) is 0 Å². The van der Waals surface area contributed by atoms with Gasteiger partial charge in [0, 0.05) is 6.07 Å². The Labute approximate surface area is 106 Å². The number of aromatic nitrogens is 1. The van der Waals surface area contributed by atoms with E-state index >= 15 is 0 Å². The number of alkyl halides is 6. The summed E-state index contributed by atoms with van der Waals surface area (Å²) in [4.78, 5) is 13.3. The molecule has 0 fully saturated rings. The van der Waals surface area contributed by atoms with Gasteiger partial charge in [-0.25, -0.2) is 9.78 Å². The maximum Gasteiger partial charge on any atom is 0.573 e. The number of carboxylic acid groups (broad SMARTS) is 1. The van der Waals surface area contributed by atoms with E-state index in [2.05, 4.69) is 14.5 Å². The lowest BCUT2D eigenvalue weighted by molar-refractivity contribution is -0.275. The van der Waals surface area contributed by atoms with Crippen molar-refractivity contribution >= 4 is 5.97 Å². The van der Waals surface area contributed by atoms with Crippen LogP contribution in [-0.2, 0) is 6.18 Å². The molecule has 0 spiro atoms. The highest BCUT2D eigenvalue weighted by Gasteiger charge is 2.41. The fourth-order valence-corrected chi connectivity index (χ4v) is 1.21. The number of rotatable bonds is 3. The second kappa shape index (κ2) is 5.06. The lowest BCUT2D eigenvalue weighted by atomic mass is 10.2. The Morgan fingerprint density at radius 1 is 1.25 bits per heavy atom. The molecule has 20 heavy (non-hydrogen) atoms. The van der Waals surface area contributed by atoms with Crippen molar-refractivity contribution in [2.45, 2.75) is 12.5 Å². The summed E-state index contributed by atoms with van der Waals surface area (Å²) in [7, 11) is 0.663. The van der Waals surface area contributed by atoms with E-state index in [9.17, 15) is 31.1 Å². The third kappa shape index (κ3) is 3.65. The highest BCUT2D eigenvalue weighted by Crippen LogP contribution is 2.42. The van der Waals surface area contributed by atoms with Gasteiger partial charge in [0.2, 0.25) is 0 Å². The Bertz CT molecular complexity index is 524. The number of nitrogens with zero attached hydrogens (tertiary/aromatic N) is 1. The molecule has 1 aromatic heterocycles. The van der Waals surface area contributed by atoms with Crippen molar-refractivity contribution < 1.29 is 45.7 Å². The van der Waals surface area contributed by atoms with Crippen molar-refractivity contribution in [3.8, 4) is 11.5 Å². The van der Waals surface area contributed by atoms with E-state index < -0.39 is 41.4 Å². The van der Waals surface area contributed by atoms with Crippen LogP contribution >= 0.6 is 0 Å². The Kier molecular flexibility index (Phi) is 4.01. The maximum absolute atomic E-state index is 12.6. The Morgan fingerprint density at radius 3 is 2.15 bits per heavy atom. The molecule has 1 aromatic rings. The Morgan fingerprint density at radius 2 is 1.80 bits per heavy atom. The number of carboxylic acids is 1. The lowest BCUT2D eigenvalue weighted by Crippen LogP contribution is -2.21. The zero-order valence-electron chi connectivity index (χ0n) is 9.46. The summed E-state index contributed by atoms with van der Waals surface area (Å²) in [6, 6.07) is 0.184. The topological polar surface area (TPSA) is 68.7 Å². The molecule has 1 heterocycles. The van der Waals surface area contributed by atoms with Crippen LogP contribution in [0.2, 0.25) is 0 Å². The van der Waals surface area contributed by atoms with Crippen LogP contribution in [0.4, 0.5) is 26.3 Å². The van der Waals surface area contributed by atoms with Gasteiger partial charge >= 0.3 is 18.5 Å². The summed E-state index contributed by atoms with van der Waals surface area (Å²) in [5, 5.41) is 8.55. The van der Waals surface area contributed by atoms with Gasteiger partial charge in [-0.15, -0.1) is 13.2 Å². The van der Waals surface area contributed by atoms with Crippen LogP contribution in [0.15, 0.2) is 6.07 Å². The van der Waals surface area contributed by atoms with E-state index in [0.29, 0.717) is 7.11 Å². The van der Waals surface area contributed by atoms with Crippen molar-refractivity contribution in [3.05, 3.63) is 17.5 Å². The average molecular weight is 305 g/mol. The van der Waals surface area contributed by atoms with Crippen LogP contribution in [0.1, 0.15) is 16.2 Å². The van der Waals surface area contributed by atoms with Crippen LogP contribution in [-0.4, -0.2) is 29.5 Å². The van der Waals surface area contributed by atoms with Gasteiger partial charge in [-0.2, -0.15) is 13.2 Å². The maximum atomic E-state index is 12.6. The zero-order chi connectivity index (χ0) is 15.7. The molecule has 0 radical (unpaired) electrons. The molecule has 0 bridgehead atoms. The molecule has 0 amide bonds. The van der Waals surface area contributed by atoms with Gasteiger partial charge < -0.3 is 14.6 Å². The van der Waals surface area contributed by atoms with Crippen molar-refractivity contribution in [3.63, 3.8) is 0 Å². The SMILES string of the molecule is COc1c(OC(F)(F)F)cc(C(=O)O)nc1C(F)(F)F. The van der Waals surface area contributed by atoms with E-state index in [4.69, 9.17) is 5.11 Å². The fraction of sp³-hybridized carbons (Fsp3) is 0.333. The van der Waals surface area contributed by atoms with Gasteiger partial charge in [-0.3, -0.25) is 0 Å². The van der Waals surface area contributed by atoms with Crippen molar-refractivity contribution in [2.24, 2.45) is 0 Å². The van der Waals surface area contributed by atoms with Gasteiger partial charge in [0.05, 0.1) is 7.11 Å². The molecule has 112 valence electrons. The summed E-state index contributed by atoms with van der Waals surface area (Å²) < 4.78 is 81.6. The standard InChI is InChI=1S/C9H5F6NO4/c1-19-5-4(20-9(13,14)15)2-3(7(17)18)16-6(5)8(10,11)12/h2H,1H3,(H,17,18). The predicted octanol–water partition coefficient (Wildman–Crippen LogP) is 2.71. The number of hydrogen-bond acceptors (Lipinski definition) is 4. The molecule has 0 aromatic carbocycles. The van der Waals surface area contributed by atoms with E-state index in [-0.39, 0.29) is 6.07 Å². The number of halogens is 6. The smallest absolute Gasteiger partial charge is 0.491 e. The quantitative estimate of drug-likeness (QED) is 0.870. The van der Waals surface area contributed by atoms with Gasteiger partial charge in [-0.1, -0.05) is 0 Å². The highest BCUT2D eigenvalue weighted by atomic mass is 19.4. The molecule has 0 saturated carbocycles. The molecular formula is C9H5F6NO4. The Balaban J connectivity index is 3.55. The highest BCUT2D eigenvalue weighted by molar-refractivity contribution is 5.86. The van der Waals surface area contributed by atoms with E-state index in [1.165, 1.54) is 0 Å².